The number of amides is 1. The van der Waals surface area contributed by atoms with Crippen LogP contribution in [0.15, 0.2) is 53.9 Å². The van der Waals surface area contributed by atoms with Gasteiger partial charge in [-0.15, -0.1) is 11.3 Å². The molecule has 0 N–H and O–H groups in total. The number of rotatable bonds is 4. The van der Waals surface area contributed by atoms with E-state index in [0.29, 0.717) is 12.3 Å². The van der Waals surface area contributed by atoms with E-state index in [1.165, 1.54) is 19.2 Å². The van der Waals surface area contributed by atoms with Gasteiger partial charge in [-0.3, -0.25) is 4.79 Å². The molecule has 1 amide bonds. The number of nitrogens with zero attached hydrogens (tertiary/aromatic N) is 2. The molecule has 1 aliphatic rings. The zero-order valence-corrected chi connectivity index (χ0v) is 16.4. The summed E-state index contributed by atoms with van der Waals surface area (Å²) < 4.78 is 18.8. The second kappa shape index (κ2) is 8.10. The molecule has 0 radical (unpaired) electrons. The van der Waals surface area contributed by atoms with E-state index in [1.807, 2.05) is 40.6 Å². The number of carbonyl (C=O) groups excluding carboxylic acids is 1. The number of halogens is 1. The minimum absolute atomic E-state index is 0.0716. The van der Waals surface area contributed by atoms with Gasteiger partial charge >= 0.3 is 0 Å². The van der Waals surface area contributed by atoms with Crippen LogP contribution in [0.1, 0.15) is 34.1 Å². The largest absolute Gasteiger partial charge is 0.496 e. The maximum atomic E-state index is 13.5. The monoisotopic (exact) mass is 396 g/mol. The Morgan fingerprint density at radius 1 is 1.25 bits per heavy atom. The number of aromatic nitrogens is 1. The minimum atomic E-state index is -0.335. The van der Waals surface area contributed by atoms with Crippen LogP contribution in [-0.2, 0) is 0 Å². The summed E-state index contributed by atoms with van der Waals surface area (Å²) >= 11 is 1.59. The average molecular weight is 396 g/mol. The van der Waals surface area contributed by atoms with Crippen molar-refractivity contribution in [3.8, 4) is 17.0 Å². The van der Waals surface area contributed by atoms with Gasteiger partial charge in [0, 0.05) is 41.6 Å². The molecular weight excluding hydrogens is 375 g/mol. The third kappa shape index (κ3) is 3.78. The van der Waals surface area contributed by atoms with Gasteiger partial charge < -0.3 is 9.64 Å². The Bertz CT molecular complexity index is 974. The standard InChI is InChI=1S/C22H21FN2O2S/c1-27-20-12-17(23)9-10-18(20)19-14-28-21(24-19)16-8-5-11-25(13-16)22(26)15-6-3-2-4-7-15/h2-4,6-7,9-10,12,14,16H,5,8,11,13H2,1H3/t16-/m1/s1. The molecule has 0 aliphatic carbocycles. The molecule has 0 spiro atoms. The average Bonchev–Trinajstić information content (AvgIpc) is 3.24. The van der Waals surface area contributed by atoms with Crippen molar-refractivity contribution < 1.29 is 13.9 Å². The highest BCUT2D eigenvalue weighted by Gasteiger charge is 2.27. The fraction of sp³-hybridized carbons (Fsp3) is 0.273. The van der Waals surface area contributed by atoms with Gasteiger partial charge in [-0.25, -0.2) is 9.37 Å². The van der Waals surface area contributed by atoms with Gasteiger partial charge in [0.05, 0.1) is 17.8 Å². The van der Waals surface area contributed by atoms with Crippen LogP contribution < -0.4 is 4.74 Å². The fourth-order valence-electron chi connectivity index (χ4n) is 3.60. The molecule has 28 heavy (non-hydrogen) atoms. The van der Waals surface area contributed by atoms with Crippen molar-refractivity contribution in [3.63, 3.8) is 0 Å². The Balaban J connectivity index is 1.53. The second-order valence-electron chi connectivity index (χ2n) is 6.87. The van der Waals surface area contributed by atoms with Crippen molar-refractivity contribution in [1.29, 1.82) is 0 Å². The molecule has 1 aliphatic heterocycles. The molecule has 1 fully saturated rings. The summed E-state index contributed by atoms with van der Waals surface area (Å²) in [5, 5.41) is 2.98. The number of methoxy groups -OCH3 is 1. The van der Waals surface area contributed by atoms with E-state index >= 15 is 0 Å². The van der Waals surface area contributed by atoms with Crippen molar-refractivity contribution in [2.45, 2.75) is 18.8 Å². The maximum Gasteiger partial charge on any atom is 0.253 e. The Kier molecular flexibility index (Phi) is 5.39. The minimum Gasteiger partial charge on any atom is -0.496 e. The second-order valence-corrected chi connectivity index (χ2v) is 7.76. The molecule has 1 atom stereocenters. The first-order valence-electron chi connectivity index (χ1n) is 9.29. The van der Waals surface area contributed by atoms with Gasteiger partial charge in [-0.1, -0.05) is 18.2 Å². The summed E-state index contributed by atoms with van der Waals surface area (Å²) in [7, 11) is 1.53. The van der Waals surface area contributed by atoms with Crippen LogP contribution in [-0.4, -0.2) is 36.0 Å². The Hall–Kier alpha value is -2.73. The highest BCUT2D eigenvalue weighted by Crippen LogP contribution is 2.35. The number of likely N-dealkylation sites (tertiary alicyclic amines) is 1. The summed E-state index contributed by atoms with van der Waals surface area (Å²) in [6.45, 7) is 1.44. The number of benzene rings is 2. The molecule has 2 heterocycles. The number of carbonyl (C=O) groups is 1. The molecule has 0 saturated carbocycles. The number of piperidine rings is 1. The zero-order valence-electron chi connectivity index (χ0n) is 15.6. The van der Waals surface area contributed by atoms with Crippen LogP contribution in [0.2, 0.25) is 0 Å². The predicted molar refractivity (Wildman–Crippen MR) is 108 cm³/mol. The number of hydrogen-bond donors (Lipinski definition) is 0. The molecule has 4 nitrogen and oxygen atoms in total. The van der Waals surface area contributed by atoms with Crippen molar-refractivity contribution in [2.75, 3.05) is 20.2 Å². The van der Waals surface area contributed by atoms with Crippen molar-refractivity contribution in [2.24, 2.45) is 0 Å². The van der Waals surface area contributed by atoms with Crippen molar-refractivity contribution in [1.82, 2.24) is 9.88 Å². The summed E-state index contributed by atoms with van der Waals surface area (Å²) in [5.74, 6) is 0.425. The van der Waals surface area contributed by atoms with Crippen LogP contribution in [0.3, 0.4) is 0 Å². The molecule has 144 valence electrons. The highest BCUT2D eigenvalue weighted by molar-refractivity contribution is 7.10. The van der Waals surface area contributed by atoms with E-state index in [0.717, 1.165) is 41.2 Å². The highest BCUT2D eigenvalue weighted by atomic mass is 32.1. The summed E-state index contributed by atoms with van der Waals surface area (Å²) in [4.78, 5) is 19.5. The SMILES string of the molecule is COc1cc(F)ccc1-c1csc([C@@H]2CCCN(C(=O)c3ccccc3)C2)n1. The van der Waals surface area contributed by atoms with E-state index in [9.17, 15) is 9.18 Å². The van der Waals surface area contributed by atoms with E-state index in [4.69, 9.17) is 9.72 Å². The van der Waals surface area contributed by atoms with Gasteiger partial charge in [0.25, 0.3) is 5.91 Å². The topological polar surface area (TPSA) is 42.4 Å². The first-order valence-corrected chi connectivity index (χ1v) is 10.2. The molecule has 6 heteroatoms. The lowest BCUT2D eigenvalue weighted by atomic mass is 9.98. The number of ether oxygens (including phenoxy) is 1. The summed E-state index contributed by atoms with van der Waals surface area (Å²) in [5.41, 5.74) is 2.28. The molecule has 4 rings (SSSR count). The Morgan fingerprint density at radius 3 is 2.86 bits per heavy atom. The van der Waals surface area contributed by atoms with Crippen LogP contribution in [0, 0.1) is 5.82 Å². The lowest BCUT2D eigenvalue weighted by Gasteiger charge is -2.32. The number of hydrogen-bond acceptors (Lipinski definition) is 4. The summed E-state index contributed by atoms with van der Waals surface area (Å²) in [6.07, 6.45) is 1.96. The third-order valence-electron chi connectivity index (χ3n) is 5.04. The summed E-state index contributed by atoms with van der Waals surface area (Å²) in [6, 6.07) is 13.9. The van der Waals surface area contributed by atoms with E-state index in [2.05, 4.69) is 0 Å². The smallest absolute Gasteiger partial charge is 0.253 e. The first-order chi connectivity index (χ1) is 13.7. The van der Waals surface area contributed by atoms with E-state index in [1.54, 1.807) is 17.4 Å². The van der Waals surface area contributed by atoms with Crippen molar-refractivity contribution >= 4 is 17.2 Å². The van der Waals surface area contributed by atoms with Gasteiger partial charge in [-0.2, -0.15) is 0 Å². The Morgan fingerprint density at radius 2 is 2.07 bits per heavy atom. The van der Waals surface area contributed by atoms with Gasteiger partial charge in [0.15, 0.2) is 0 Å². The quantitative estimate of drug-likeness (QED) is 0.625. The van der Waals surface area contributed by atoms with Crippen LogP contribution >= 0.6 is 11.3 Å². The molecule has 1 saturated heterocycles. The third-order valence-corrected chi connectivity index (χ3v) is 6.05. The lowest BCUT2D eigenvalue weighted by molar-refractivity contribution is 0.0707. The normalized spacial score (nSPS) is 16.8. The molecule has 0 bridgehead atoms. The van der Waals surface area contributed by atoms with E-state index in [-0.39, 0.29) is 17.6 Å². The lowest BCUT2D eigenvalue weighted by Crippen LogP contribution is -2.39. The molecule has 1 aromatic heterocycles. The van der Waals surface area contributed by atoms with Gasteiger partial charge in [0.2, 0.25) is 0 Å². The van der Waals surface area contributed by atoms with Crippen LogP contribution in [0.4, 0.5) is 4.39 Å². The van der Waals surface area contributed by atoms with Gasteiger partial charge in [-0.05, 0) is 37.1 Å². The van der Waals surface area contributed by atoms with E-state index < -0.39 is 0 Å². The first kappa shape index (κ1) is 18.6. The zero-order chi connectivity index (χ0) is 19.5. The molecule has 2 aromatic carbocycles. The van der Waals surface area contributed by atoms with Crippen LogP contribution in [0.25, 0.3) is 11.3 Å². The molecule has 0 unspecified atom stereocenters. The van der Waals surface area contributed by atoms with Gasteiger partial charge in [0.1, 0.15) is 11.6 Å². The van der Waals surface area contributed by atoms with Crippen LogP contribution in [0.5, 0.6) is 5.75 Å². The Labute approximate surface area is 167 Å². The molecule has 3 aromatic rings. The predicted octanol–water partition coefficient (Wildman–Crippen LogP) is 4.98. The van der Waals surface area contributed by atoms with Crippen molar-refractivity contribution in [3.05, 3.63) is 70.3 Å². The maximum absolute atomic E-state index is 13.5. The molecular formula is C22H21FN2O2S. The number of thiazole rings is 1. The fourth-order valence-corrected chi connectivity index (χ4v) is 4.55.